The lowest BCUT2D eigenvalue weighted by atomic mass is 10.2. The molecule has 0 N–H and O–H groups in total. The van der Waals surface area contributed by atoms with Crippen LogP contribution in [0.25, 0.3) is 0 Å². The molecular weight excluding hydrogens is 468 g/mol. The summed E-state index contributed by atoms with van der Waals surface area (Å²) in [4.78, 5) is 2.93. The van der Waals surface area contributed by atoms with E-state index in [2.05, 4.69) is 4.74 Å². The van der Waals surface area contributed by atoms with Crippen LogP contribution in [0.5, 0.6) is 0 Å². The van der Waals surface area contributed by atoms with E-state index in [1.54, 1.807) is 0 Å². The zero-order valence-corrected chi connectivity index (χ0v) is 14.0. The molecule has 0 heterocycles. The van der Waals surface area contributed by atoms with Crippen LogP contribution in [0, 0.1) is 35.0 Å². The molecule has 1 aliphatic rings. The first kappa shape index (κ1) is 22.8. The Balaban J connectivity index is 2.35. The average molecular weight is 471 g/mol. The van der Waals surface area contributed by atoms with Gasteiger partial charge in [0, 0.05) is 0 Å². The second-order valence-corrected chi connectivity index (χ2v) is 6.70. The third-order valence-corrected chi connectivity index (χ3v) is 5.52. The van der Waals surface area contributed by atoms with Crippen LogP contribution in [0.4, 0.5) is 48.3 Å². The zero-order valence-electron chi connectivity index (χ0n) is 12.5. The first-order valence-corrected chi connectivity index (χ1v) is 7.38. The number of rotatable bonds is 3. The number of hydrogen-bond acceptors (Lipinski definition) is 2. The van der Waals surface area contributed by atoms with Gasteiger partial charge in [-0.3, -0.25) is 4.79 Å². The molecule has 1 aromatic carbocycles. The molecule has 2 rings (SSSR count). The van der Waals surface area contributed by atoms with Crippen molar-refractivity contribution in [3.8, 4) is 0 Å². The SMILES string of the molecule is O=C(OCc1c(F)c(F)c(F)c(F)c1F)C1C(Cl)(C(F)(F)F)C1(Cl)C(F)(F)F. The molecule has 0 saturated heterocycles. The number of ether oxygens (including phenoxy) is 1. The van der Waals surface area contributed by atoms with E-state index in [4.69, 9.17) is 23.2 Å². The molecule has 1 aliphatic carbocycles. The van der Waals surface area contributed by atoms with Crippen LogP contribution < -0.4 is 0 Å². The number of hydrogen-bond donors (Lipinski definition) is 0. The second kappa shape index (κ2) is 6.51. The van der Waals surface area contributed by atoms with Crippen molar-refractivity contribution in [3.05, 3.63) is 34.6 Å². The van der Waals surface area contributed by atoms with Crippen LogP contribution in [-0.4, -0.2) is 28.1 Å². The van der Waals surface area contributed by atoms with Gasteiger partial charge >= 0.3 is 18.3 Å². The minimum Gasteiger partial charge on any atom is -0.460 e. The molecule has 0 aromatic heterocycles. The molecule has 1 saturated carbocycles. The molecule has 2 atom stereocenters. The highest BCUT2D eigenvalue weighted by molar-refractivity contribution is 6.43. The Morgan fingerprint density at radius 3 is 1.43 bits per heavy atom. The molecule has 2 nitrogen and oxygen atoms in total. The number of halogens is 13. The monoisotopic (exact) mass is 470 g/mol. The molecule has 0 aliphatic heterocycles. The van der Waals surface area contributed by atoms with Gasteiger partial charge in [-0.15, -0.1) is 23.2 Å². The summed E-state index contributed by atoms with van der Waals surface area (Å²) < 4.78 is 147. The van der Waals surface area contributed by atoms with Crippen LogP contribution in [0.3, 0.4) is 0 Å². The fourth-order valence-corrected chi connectivity index (χ4v) is 3.36. The fourth-order valence-electron chi connectivity index (χ4n) is 2.47. The van der Waals surface area contributed by atoms with Crippen molar-refractivity contribution in [2.75, 3.05) is 0 Å². The molecule has 0 spiro atoms. The van der Waals surface area contributed by atoms with Crippen molar-refractivity contribution in [2.45, 2.75) is 28.7 Å². The highest BCUT2D eigenvalue weighted by Gasteiger charge is 2.98. The molecule has 2 unspecified atom stereocenters. The number of carbonyl (C=O) groups is 1. The Kier molecular flexibility index (Phi) is 5.30. The van der Waals surface area contributed by atoms with Crippen molar-refractivity contribution < 1.29 is 57.8 Å². The van der Waals surface area contributed by atoms with E-state index in [0.717, 1.165) is 0 Å². The van der Waals surface area contributed by atoms with Gasteiger partial charge in [0.1, 0.15) is 12.5 Å². The molecule has 0 amide bonds. The van der Waals surface area contributed by atoms with E-state index in [9.17, 15) is 53.1 Å². The van der Waals surface area contributed by atoms with Crippen molar-refractivity contribution in [1.82, 2.24) is 0 Å². The average Bonchev–Trinajstić information content (AvgIpc) is 3.10. The van der Waals surface area contributed by atoms with E-state index in [0.29, 0.717) is 0 Å². The van der Waals surface area contributed by atoms with Crippen LogP contribution >= 0.6 is 23.2 Å². The van der Waals surface area contributed by atoms with Crippen molar-refractivity contribution in [3.63, 3.8) is 0 Å². The lowest BCUT2D eigenvalue weighted by Gasteiger charge is -2.19. The van der Waals surface area contributed by atoms with Gasteiger partial charge in [-0.1, -0.05) is 0 Å². The lowest BCUT2D eigenvalue weighted by Crippen LogP contribution is -2.40. The molecule has 1 fully saturated rings. The van der Waals surface area contributed by atoms with Crippen LogP contribution in [0.15, 0.2) is 0 Å². The topological polar surface area (TPSA) is 26.3 Å². The summed E-state index contributed by atoms with van der Waals surface area (Å²) in [5.41, 5.74) is -1.80. The number of carbonyl (C=O) groups excluding carboxylic acids is 1. The fraction of sp³-hybridized carbons (Fsp3) is 0.462. The van der Waals surface area contributed by atoms with Gasteiger partial charge < -0.3 is 4.74 Å². The maximum absolute atomic E-state index is 13.4. The summed E-state index contributed by atoms with van der Waals surface area (Å²) in [6.45, 7) is -1.88. The molecule has 28 heavy (non-hydrogen) atoms. The van der Waals surface area contributed by atoms with E-state index >= 15 is 0 Å². The highest BCUT2D eigenvalue weighted by Crippen LogP contribution is 2.75. The van der Waals surface area contributed by atoms with Gasteiger partial charge in [-0.2, -0.15) is 26.3 Å². The summed E-state index contributed by atoms with van der Waals surface area (Å²) >= 11 is 9.79. The highest BCUT2D eigenvalue weighted by atomic mass is 35.5. The maximum Gasteiger partial charge on any atom is 0.410 e. The number of esters is 1. The van der Waals surface area contributed by atoms with Crippen molar-refractivity contribution in [2.24, 2.45) is 5.92 Å². The third-order valence-electron chi connectivity index (χ3n) is 3.96. The molecule has 0 radical (unpaired) electrons. The Morgan fingerprint density at radius 1 is 0.786 bits per heavy atom. The van der Waals surface area contributed by atoms with Crippen LogP contribution in [-0.2, 0) is 16.1 Å². The maximum atomic E-state index is 13.4. The summed E-state index contributed by atoms with van der Waals surface area (Å²) in [7, 11) is 0. The molecule has 158 valence electrons. The minimum absolute atomic E-state index is 1.80. The van der Waals surface area contributed by atoms with E-state index in [1.165, 1.54) is 0 Å². The van der Waals surface area contributed by atoms with E-state index in [-0.39, 0.29) is 0 Å². The van der Waals surface area contributed by atoms with E-state index in [1.807, 2.05) is 0 Å². The number of benzene rings is 1. The lowest BCUT2D eigenvalue weighted by molar-refractivity contribution is -0.176. The quantitative estimate of drug-likeness (QED) is 0.201. The first-order valence-electron chi connectivity index (χ1n) is 6.62. The summed E-state index contributed by atoms with van der Waals surface area (Å²) in [5.74, 6) is -18.2. The minimum atomic E-state index is -5.87. The van der Waals surface area contributed by atoms with Gasteiger partial charge in [0.2, 0.25) is 5.82 Å². The first-order chi connectivity index (χ1) is 12.4. The Morgan fingerprint density at radius 2 is 1.11 bits per heavy atom. The Labute approximate surface area is 157 Å². The summed E-state index contributed by atoms with van der Waals surface area (Å²) in [6.07, 6.45) is -11.7. The van der Waals surface area contributed by atoms with Gasteiger partial charge in [0.15, 0.2) is 33.0 Å². The summed E-state index contributed by atoms with van der Waals surface area (Å²) in [5, 5.41) is 0. The molecule has 15 heteroatoms. The second-order valence-electron chi connectivity index (χ2n) is 5.51. The van der Waals surface area contributed by atoms with Crippen LogP contribution in [0.2, 0.25) is 0 Å². The molecule has 1 aromatic rings. The standard InChI is InChI=1S/C13H3Cl2F11O2/c14-10(12(21,22)23)8(11(10,15)13(24,25)26)9(27)28-1-2-3(16)5(18)7(20)6(19)4(2)17/h8H,1H2. The Bertz CT molecular complexity index is 782. The Hall–Kier alpha value is -1.50. The van der Waals surface area contributed by atoms with E-state index < -0.39 is 75.2 Å². The van der Waals surface area contributed by atoms with Crippen LogP contribution in [0.1, 0.15) is 5.56 Å². The molecule has 0 bridgehead atoms. The number of alkyl halides is 8. The summed E-state index contributed by atoms with van der Waals surface area (Å²) in [6, 6.07) is 0. The largest absolute Gasteiger partial charge is 0.460 e. The van der Waals surface area contributed by atoms with Gasteiger partial charge in [0.25, 0.3) is 0 Å². The van der Waals surface area contributed by atoms with Gasteiger partial charge in [-0.25, -0.2) is 22.0 Å². The van der Waals surface area contributed by atoms with Crippen molar-refractivity contribution >= 4 is 29.2 Å². The van der Waals surface area contributed by atoms with Gasteiger partial charge in [-0.05, 0) is 0 Å². The normalized spacial score (nSPS) is 27.7. The zero-order chi connectivity index (χ0) is 22.0. The van der Waals surface area contributed by atoms with Crippen molar-refractivity contribution in [1.29, 1.82) is 0 Å². The predicted octanol–water partition coefficient (Wildman–Crippen LogP) is 5.13. The molecular formula is C13H3Cl2F11O2. The van der Waals surface area contributed by atoms with Gasteiger partial charge in [0.05, 0.1) is 5.56 Å². The smallest absolute Gasteiger partial charge is 0.410 e. The predicted molar refractivity (Wildman–Crippen MR) is 68.8 cm³/mol. The third kappa shape index (κ3) is 2.88.